The van der Waals surface area contributed by atoms with Crippen molar-refractivity contribution in [3.05, 3.63) is 40.9 Å². The first-order valence-corrected chi connectivity index (χ1v) is 6.98. The van der Waals surface area contributed by atoms with Gasteiger partial charge in [-0.1, -0.05) is 0 Å². The number of hydrogen-bond acceptors (Lipinski definition) is 5. The Morgan fingerprint density at radius 3 is 3.00 bits per heavy atom. The minimum Gasteiger partial charge on any atom is -0.464 e. The Morgan fingerprint density at radius 2 is 2.32 bits per heavy atom. The topological polar surface area (TPSA) is 59.7 Å². The number of hydrogen-bond donors (Lipinski definition) is 1. The average molecular weight is 276 g/mol. The van der Waals surface area contributed by atoms with Gasteiger partial charge in [-0.05, 0) is 19.1 Å². The molecule has 6 heteroatoms. The van der Waals surface area contributed by atoms with Crippen LogP contribution in [0.15, 0.2) is 28.1 Å². The molecule has 3 rings (SSSR count). The molecule has 0 fully saturated rings. The Kier molecular flexibility index (Phi) is 3.04. The summed E-state index contributed by atoms with van der Waals surface area (Å²) in [6.07, 6.45) is 2.00. The van der Waals surface area contributed by atoms with Crippen molar-refractivity contribution in [2.45, 2.75) is 20.0 Å². The van der Waals surface area contributed by atoms with Crippen LogP contribution in [0.4, 0.5) is 5.82 Å². The van der Waals surface area contributed by atoms with Crippen LogP contribution in [-0.2, 0) is 13.1 Å². The summed E-state index contributed by atoms with van der Waals surface area (Å²) in [6.45, 7) is 3.10. The molecule has 0 spiro atoms. The minimum atomic E-state index is 0.467. The van der Waals surface area contributed by atoms with Crippen LogP contribution in [0.1, 0.15) is 17.2 Å². The molecule has 100 valence electrons. The van der Waals surface area contributed by atoms with Crippen LogP contribution >= 0.6 is 11.3 Å². The molecule has 5 nitrogen and oxygen atoms in total. The van der Waals surface area contributed by atoms with E-state index in [2.05, 4.69) is 9.88 Å². The third-order valence-corrected chi connectivity index (χ3v) is 3.84. The molecule has 0 atom stereocenters. The SMILES string of the molecule is Cc1ccc(CN(C)c2nc3sccn3c2CN)o1. The van der Waals surface area contributed by atoms with Crippen molar-refractivity contribution in [2.24, 2.45) is 5.73 Å². The number of furan rings is 1. The Bertz CT molecular complexity index is 696. The molecule has 19 heavy (non-hydrogen) atoms. The molecular formula is C13H16N4OS. The number of nitrogens with zero attached hydrogens (tertiary/aromatic N) is 3. The Labute approximate surface area is 115 Å². The monoisotopic (exact) mass is 276 g/mol. The van der Waals surface area contributed by atoms with Crippen LogP contribution in [0.2, 0.25) is 0 Å². The molecule has 0 amide bonds. The van der Waals surface area contributed by atoms with Crippen LogP contribution in [0.5, 0.6) is 0 Å². The van der Waals surface area contributed by atoms with Gasteiger partial charge in [0.25, 0.3) is 0 Å². The summed E-state index contributed by atoms with van der Waals surface area (Å²) in [6, 6.07) is 3.96. The largest absolute Gasteiger partial charge is 0.464 e. The molecule has 0 saturated carbocycles. The Hall–Kier alpha value is -1.79. The van der Waals surface area contributed by atoms with E-state index >= 15 is 0 Å². The molecule has 3 aromatic rings. The van der Waals surface area contributed by atoms with Crippen LogP contribution in [0.25, 0.3) is 4.96 Å². The van der Waals surface area contributed by atoms with Crippen molar-refractivity contribution in [3.63, 3.8) is 0 Å². The zero-order chi connectivity index (χ0) is 13.4. The lowest BCUT2D eigenvalue weighted by Gasteiger charge is -2.16. The third kappa shape index (κ3) is 2.13. The fraction of sp³-hybridized carbons (Fsp3) is 0.308. The number of nitrogens with two attached hydrogens (primary N) is 1. The second-order valence-electron chi connectivity index (χ2n) is 4.51. The number of aromatic nitrogens is 2. The first-order valence-electron chi connectivity index (χ1n) is 6.10. The molecule has 3 heterocycles. The Balaban J connectivity index is 1.92. The predicted molar refractivity (Wildman–Crippen MR) is 76.5 cm³/mol. The maximum atomic E-state index is 5.85. The second-order valence-corrected chi connectivity index (χ2v) is 5.38. The minimum absolute atomic E-state index is 0.467. The zero-order valence-corrected chi connectivity index (χ0v) is 11.8. The van der Waals surface area contributed by atoms with Crippen LogP contribution in [0.3, 0.4) is 0 Å². The van der Waals surface area contributed by atoms with Gasteiger partial charge < -0.3 is 15.1 Å². The van der Waals surface area contributed by atoms with Gasteiger partial charge in [-0.25, -0.2) is 4.98 Å². The molecule has 0 bridgehead atoms. The maximum absolute atomic E-state index is 5.85. The zero-order valence-electron chi connectivity index (χ0n) is 11.0. The number of rotatable bonds is 4. The molecular weight excluding hydrogens is 260 g/mol. The van der Waals surface area contributed by atoms with Gasteiger partial charge in [-0.15, -0.1) is 11.3 Å². The first-order chi connectivity index (χ1) is 9.19. The van der Waals surface area contributed by atoms with E-state index in [0.717, 1.165) is 28.0 Å². The summed E-state index contributed by atoms with van der Waals surface area (Å²) in [7, 11) is 2.00. The quantitative estimate of drug-likeness (QED) is 0.795. The van der Waals surface area contributed by atoms with Gasteiger partial charge in [0.2, 0.25) is 0 Å². The molecule has 2 N–H and O–H groups in total. The molecule has 3 aromatic heterocycles. The highest BCUT2D eigenvalue weighted by Gasteiger charge is 2.16. The summed E-state index contributed by atoms with van der Waals surface area (Å²) in [5.41, 5.74) is 6.88. The van der Waals surface area contributed by atoms with Crippen molar-refractivity contribution in [1.82, 2.24) is 9.38 Å². The Morgan fingerprint density at radius 1 is 1.47 bits per heavy atom. The predicted octanol–water partition coefficient (Wildman–Crippen LogP) is 2.39. The van der Waals surface area contributed by atoms with Crippen LogP contribution in [0, 0.1) is 6.92 Å². The van der Waals surface area contributed by atoms with Gasteiger partial charge in [-0.2, -0.15) is 0 Å². The van der Waals surface area contributed by atoms with Gasteiger partial charge in [0, 0.05) is 25.2 Å². The van der Waals surface area contributed by atoms with Crippen molar-refractivity contribution in [3.8, 4) is 0 Å². The molecule has 0 aliphatic carbocycles. The maximum Gasteiger partial charge on any atom is 0.195 e. The summed E-state index contributed by atoms with van der Waals surface area (Å²) in [5.74, 6) is 2.77. The molecule has 0 unspecified atom stereocenters. The number of thiazole rings is 1. The first kappa shape index (κ1) is 12.3. The highest BCUT2D eigenvalue weighted by Crippen LogP contribution is 2.24. The molecule has 0 saturated heterocycles. The van der Waals surface area contributed by atoms with Gasteiger partial charge in [0.1, 0.15) is 11.5 Å². The van der Waals surface area contributed by atoms with E-state index in [1.54, 1.807) is 11.3 Å². The van der Waals surface area contributed by atoms with Crippen LogP contribution in [-0.4, -0.2) is 16.4 Å². The summed E-state index contributed by atoms with van der Waals surface area (Å²) in [5, 5.41) is 2.02. The standard InChI is InChI=1S/C13H16N4OS/c1-9-3-4-10(18-9)8-16(2)12-11(7-14)17-5-6-19-13(17)15-12/h3-6H,7-8,14H2,1-2H3. The van der Waals surface area contributed by atoms with E-state index in [4.69, 9.17) is 10.2 Å². The third-order valence-electron chi connectivity index (χ3n) is 3.08. The van der Waals surface area contributed by atoms with Crippen molar-refractivity contribution in [2.75, 3.05) is 11.9 Å². The molecule has 0 aliphatic rings. The molecule has 0 radical (unpaired) electrons. The fourth-order valence-corrected chi connectivity index (χ4v) is 2.92. The second kappa shape index (κ2) is 4.71. The molecule has 0 aliphatic heterocycles. The van der Waals surface area contributed by atoms with E-state index in [-0.39, 0.29) is 0 Å². The lowest BCUT2D eigenvalue weighted by Crippen LogP contribution is -2.19. The number of fused-ring (bicyclic) bond motifs is 1. The lowest BCUT2D eigenvalue weighted by molar-refractivity contribution is 0.481. The fourth-order valence-electron chi connectivity index (χ4n) is 2.20. The lowest BCUT2D eigenvalue weighted by atomic mass is 10.3. The van der Waals surface area contributed by atoms with Crippen molar-refractivity contribution in [1.29, 1.82) is 0 Å². The van der Waals surface area contributed by atoms with Gasteiger partial charge in [0.15, 0.2) is 10.8 Å². The summed E-state index contributed by atoms with van der Waals surface area (Å²) in [4.78, 5) is 7.67. The number of imidazole rings is 1. The van der Waals surface area contributed by atoms with E-state index in [1.807, 2.05) is 42.1 Å². The van der Waals surface area contributed by atoms with Gasteiger partial charge in [-0.3, -0.25) is 4.40 Å². The van der Waals surface area contributed by atoms with E-state index in [1.165, 1.54) is 0 Å². The summed E-state index contributed by atoms with van der Waals surface area (Å²) >= 11 is 1.61. The highest BCUT2D eigenvalue weighted by atomic mass is 32.1. The van der Waals surface area contributed by atoms with Crippen LogP contribution < -0.4 is 10.6 Å². The highest BCUT2D eigenvalue weighted by molar-refractivity contribution is 7.15. The average Bonchev–Trinajstić information content (AvgIpc) is 3.03. The molecule has 0 aromatic carbocycles. The van der Waals surface area contributed by atoms with E-state index in [9.17, 15) is 0 Å². The van der Waals surface area contributed by atoms with Crippen molar-refractivity contribution < 1.29 is 4.42 Å². The number of aryl methyl sites for hydroxylation is 1. The van der Waals surface area contributed by atoms with E-state index in [0.29, 0.717) is 13.1 Å². The normalized spacial score (nSPS) is 11.3. The van der Waals surface area contributed by atoms with E-state index < -0.39 is 0 Å². The summed E-state index contributed by atoms with van der Waals surface area (Å²) < 4.78 is 7.65. The van der Waals surface area contributed by atoms with Gasteiger partial charge >= 0.3 is 0 Å². The van der Waals surface area contributed by atoms with Crippen molar-refractivity contribution >= 4 is 22.1 Å². The number of anilines is 1. The smallest absolute Gasteiger partial charge is 0.195 e. The van der Waals surface area contributed by atoms with Gasteiger partial charge in [0.05, 0.1) is 12.2 Å².